The van der Waals surface area contributed by atoms with E-state index in [-0.39, 0.29) is 5.82 Å². The highest BCUT2D eigenvalue weighted by Crippen LogP contribution is 2.30. The van der Waals surface area contributed by atoms with Crippen LogP contribution in [0.5, 0.6) is 0 Å². The van der Waals surface area contributed by atoms with Gasteiger partial charge in [-0.3, -0.25) is 4.90 Å². The second-order valence-electron chi connectivity index (χ2n) is 4.51. The Bertz CT molecular complexity index is 363. The van der Waals surface area contributed by atoms with Crippen molar-refractivity contribution in [3.63, 3.8) is 0 Å². The van der Waals surface area contributed by atoms with Crippen LogP contribution < -0.4 is 0 Å². The molecule has 0 amide bonds. The third-order valence-electron chi connectivity index (χ3n) is 3.06. The van der Waals surface area contributed by atoms with Gasteiger partial charge in [-0.2, -0.15) is 0 Å². The lowest BCUT2D eigenvalue weighted by molar-refractivity contribution is 0.267. The highest BCUT2D eigenvalue weighted by atomic mass is 79.9. The van der Waals surface area contributed by atoms with Crippen LogP contribution in [0.15, 0.2) is 22.7 Å². The summed E-state index contributed by atoms with van der Waals surface area (Å²) >= 11 is 3.48. The Morgan fingerprint density at radius 2 is 2.19 bits per heavy atom. The van der Waals surface area contributed by atoms with E-state index in [4.69, 9.17) is 0 Å². The molecule has 1 saturated carbocycles. The fourth-order valence-corrected chi connectivity index (χ4v) is 2.25. The van der Waals surface area contributed by atoms with Gasteiger partial charge in [-0.25, -0.2) is 4.39 Å². The van der Waals surface area contributed by atoms with E-state index in [1.54, 1.807) is 12.1 Å². The first-order valence-electron chi connectivity index (χ1n) is 5.85. The van der Waals surface area contributed by atoms with Gasteiger partial charge in [0.25, 0.3) is 0 Å². The maximum atomic E-state index is 13.1. The van der Waals surface area contributed by atoms with Crippen LogP contribution in [0.3, 0.4) is 0 Å². The van der Waals surface area contributed by atoms with Gasteiger partial charge in [0.1, 0.15) is 5.82 Å². The van der Waals surface area contributed by atoms with Crippen molar-refractivity contribution in [3.8, 4) is 0 Å². The van der Waals surface area contributed by atoms with E-state index in [1.807, 2.05) is 0 Å². The van der Waals surface area contributed by atoms with Gasteiger partial charge in [0.05, 0.1) is 0 Å². The number of nitrogens with zero attached hydrogens (tertiary/aromatic N) is 1. The summed E-state index contributed by atoms with van der Waals surface area (Å²) in [6, 6.07) is 4.90. The number of benzene rings is 1. The van der Waals surface area contributed by atoms with Gasteiger partial charge in [0.15, 0.2) is 0 Å². The quantitative estimate of drug-likeness (QED) is 0.795. The molecular weight excluding hydrogens is 269 g/mol. The maximum absolute atomic E-state index is 13.1. The Hall–Kier alpha value is -0.410. The monoisotopic (exact) mass is 285 g/mol. The zero-order valence-electron chi connectivity index (χ0n) is 9.55. The molecule has 16 heavy (non-hydrogen) atoms. The summed E-state index contributed by atoms with van der Waals surface area (Å²) in [5.41, 5.74) is 1.04. The largest absolute Gasteiger partial charge is 0.299 e. The molecule has 0 aliphatic heterocycles. The first kappa shape index (κ1) is 12.1. The zero-order chi connectivity index (χ0) is 11.5. The fourth-order valence-electron chi connectivity index (χ4n) is 1.88. The highest BCUT2D eigenvalue weighted by Gasteiger charge is 2.23. The second-order valence-corrected chi connectivity index (χ2v) is 5.36. The maximum Gasteiger partial charge on any atom is 0.123 e. The molecule has 3 heteroatoms. The SMILES string of the molecule is CCN(Cc1cc(F)ccc1Br)CC1CC1. The Labute approximate surface area is 105 Å². The molecule has 0 atom stereocenters. The van der Waals surface area contributed by atoms with Gasteiger partial charge in [-0.15, -0.1) is 0 Å². The van der Waals surface area contributed by atoms with Crippen LogP contribution in [0, 0.1) is 11.7 Å². The van der Waals surface area contributed by atoms with Crippen molar-refractivity contribution in [1.29, 1.82) is 0 Å². The summed E-state index contributed by atoms with van der Waals surface area (Å²) < 4.78 is 14.1. The third-order valence-corrected chi connectivity index (χ3v) is 3.84. The molecular formula is C13H17BrFN. The average Bonchev–Trinajstić information content (AvgIpc) is 3.06. The van der Waals surface area contributed by atoms with Crippen molar-refractivity contribution in [3.05, 3.63) is 34.1 Å². The van der Waals surface area contributed by atoms with E-state index >= 15 is 0 Å². The Kier molecular flexibility index (Phi) is 3.98. The van der Waals surface area contributed by atoms with E-state index in [1.165, 1.54) is 18.9 Å². The summed E-state index contributed by atoms with van der Waals surface area (Å²) in [6.07, 6.45) is 2.72. The zero-order valence-corrected chi connectivity index (χ0v) is 11.1. The number of hydrogen-bond donors (Lipinski definition) is 0. The minimum Gasteiger partial charge on any atom is -0.299 e. The molecule has 88 valence electrons. The summed E-state index contributed by atoms with van der Waals surface area (Å²) in [5, 5.41) is 0. The van der Waals surface area contributed by atoms with Crippen LogP contribution in [-0.2, 0) is 6.54 Å². The van der Waals surface area contributed by atoms with Gasteiger partial charge in [0.2, 0.25) is 0 Å². The van der Waals surface area contributed by atoms with Gasteiger partial charge in [-0.05, 0) is 49.1 Å². The molecule has 0 N–H and O–H groups in total. The molecule has 1 aliphatic carbocycles. The molecule has 0 saturated heterocycles. The summed E-state index contributed by atoms with van der Waals surface area (Å²) in [4.78, 5) is 2.39. The Morgan fingerprint density at radius 1 is 1.44 bits per heavy atom. The molecule has 0 bridgehead atoms. The Balaban J connectivity index is 2.01. The van der Waals surface area contributed by atoms with Crippen molar-refractivity contribution in [1.82, 2.24) is 4.90 Å². The smallest absolute Gasteiger partial charge is 0.123 e. The average molecular weight is 286 g/mol. The third kappa shape index (κ3) is 3.29. The van der Waals surface area contributed by atoms with Gasteiger partial charge in [-0.1, -0.05) is 22.9 Å². The number of halogens is 2. The van der Waals surface area contributed by atoms with Crippen molar-refractivity contribution < 1.29 is 4.39 Å². The molecule has 0 unspecified atom stereocenters. The minimum atomic E-state index is -0.152. The van der Waals surface area contributed by atoms with E-state index in [0.29, 0.717) is 0 Å². The number of hydrogen-bond acceptors (Lipinski definition) is 1. The molecule has 0 heterocycles. The molecule has 1 aromatic rings. The molecule has 1 fully saturated rings. The standard InChI is InChI=1S/C13H17BrFN/c1-2-16(8-10-3-4-10)9-11-7-12(15)5-6-13(11)14/h5-7,10H,2-4,8-9H2,1H3. The lowest BCUT2D eigenvalue weighted by Gasteiger charge is -2.20. The van der Waals surface area contributed by atoms with Crippen LogP contribution in [0.1, 0.15) is 25.3 Å². The highest BCUT2D eigenvalue weighted by molar-refractivity contribution is 9.10. The van der Waals surface area contributed by atoms with Crippen molar-refractivity contribution in [2.75, 3.05) is 13.1 Å². The second kappa shape index (κ2) is 5.28. The van der Waals surface area contributed by atoms with Crippen molar-refractivity contribution in [2.24, 2.45) is 5.92 Å². The first-order valence-corrected chi connectivity index (χ1v) is 6.64. The molecule has 0 spiro atoms. The van der Waals surface area contributed by atoms with Gasteiger partial charge >= 0.3 is 0 Å². The lowest BCUT2D eigenvalue weighted by atomic mass is 10.2. The van der Waals surface area contributed by atoms with Crippen LogP contribution in [0.25, 0.3) is 0 Å². The van der Waals surface area contributed by atoms with E-state index in [0.717, 1.165) is 35.6 Å². The molecule has 2 rings (SSSR count). The number of rotatable bonds is 5. The van der Waals surface area contributed by atoms with Gasteiger partial charge < -0.3 is 0 Å². The van der Waals surface area contributed by atoms with Crippen LogP contribution >= 0.6 is 15.9 Å². The molecule has 1 aliphatic rings. The molecule has 0 aromatic heterocycles. The van der Waals surface area contributed by atoms with Crippen LogP contribution in [-0.4, -0.2) is 18.0 Å². The van der Waals surface area contributed by atoms with Crippen molar-refractivity contribution >= 4 is 15.9 Å². The summed E-state index contributed by atoms with van der Waals surface area (Å²) in [6.45, 7) is 5.18. The predicted molar refractivity (Wildman–Crippen MR) is 67.8 cm³/mol. The summed E-state index contributed by atoms with van der Waals surface area (Å²) in [7, 11) is 0. The summed E-state index contributed by atoms with van der Waals surface area (Å²) in [5.74, 6) is 0.730. The minimum absolute atomic E-state index is 0.152. The van der Waals surface area contributed by atoms with Crippen LogP contribution in [0.2, 0.25) is 0 Å². The van der Waals surface area contributed by atoms with Gasteiger partial charge in [0, 0.05) is 17.6 Å². The van der Waals surface area contributed by atoms with E-state index < -0.39 is 0 Å². The fraction of sp³-hybridized carbons (Fsp3) is 0.538. The predicted octanol–water partition coefficient (Wildman–Crippen LogP) is 3.82. The van der Waals surface area contributed by atoms with Crippen LogP contribution in [0.4, 0.5) is 4.39 Å². The molecule has 0 radical (unpaired) electrons. The topological polar surface area (TPSA) is 3.24 Å². The van der Waals surface area contributed by atoms with E-state index in [2.05, 4.69) is 27.8 Å². The molecule has 1 nitrogen and oxygen atoms in total. The first-order chi connectivity index (χ1) is 7.69. The molecule has 1 aromatic carbocycles. The van der Waals surface area contributed by atoms with E-state index in [9.17, 15) is 4.39 Å². The Morgan fingerprint density at radius 3 is 2.81 bits per heavy atom. The van der Waals surface area contributed by atoms with Crippen molar-refractivity contribution in [2.45, 2.75) is 26.3 Å². The normalized spacial score (nSPS) is 15.8. The lowest BCUT2D eigenvalue weighted by Crippen LogP contribution is -2.25.